The fourth-order valence-electron chi connectivity index (χ4n) is 2.82. The van der Waals surface area contributed by atoms with Gasteiger partial charge in [-0.05, 0) is 23.3 Å². The average Bonchev–Trinajstić information content (AvgIpc) is 3.12. The molecule has 0 saturated heterocycles. The Morgan fingerprint density at radius 1 is 1.23 bits per heavy atom. The highest BCUT2D eigenvalue weighted by Crippen LogP contribution is 2.30. The van der Waals surface area contributed by atoms with Gasteiger partial charge in [0.05, 0.1) is 12.3 Å². The lowest BCUT2D eigenvalue weighted by atomic mass is 10.1. The molecule has 3 heterocycles. The number of aromatic nitrogens is 4. The van der Waals surface area contributed by atoms with Gasteiger partial charge in [0.1, 0.15) is 12.1 Å². The summed E-state index contributed by atoms with van der Waals surface area (Å²) in [5.41, 5.74) is 3.52. The van der Waals surface area contributed by atoms with E-state index in [1.807, 2.05) is 6.07 Å². The van der Waals surface area contributed by atoms with Crippen molar-refractivity contribution >= 4 is 27.5 Å². The van der Waals surface area contributed by atoms with E-state index in [4.69, 9.17) is 4.74 Å². The monoisotopic (exact) mass is 359 g/mol. The van der Waals surface area contributed by atoms with Crippen LogP contribution in [0.2, 0.25) is 0 Å². The Morgan fingerprint density at radius 3 is 2.95 bits per heavy atom. The molecule has 6 nitrogen and oxygen atoms in total. The molecule has 0 saturated carbocycles. The van der Waals surface area contributed by atoms with Gasteiger partial charge in [-0.15, -0.1) is 0 Å². The van der Waals surface area contributed by atoms with Crippen LogP contribution < -0.4 is 4.90 Å². The van der Waals surface area contributed by atoms with Crippen LogP contribution in [0.3, 0.4) is 0 Å². The van der Waals surface area contributed by atoms with Crippen LogP contribution in [-0.2, 0) is 24.4 Å². The van der Waals surface area contributed by atoms with Crippen LogP contribution in [0, 0.1) is 0 Å². The Balaban J connectivity index is 1.77. The van der Waals surface area contributed by atoms with Crippen molar-refractivity contribution in [2.45, 2.75) is 19.7 Å². The molecule has 1 aliphatic rings. The van der Waals surface area contributed by atoms with Gasteiger partial charge in [0.2, 0.25) is 0 Å². The Bertz CT molecular complexity index is 847. The molecule has 22 heavy (non-hydrogen) atoms. The van der Waals surface area contributed by atoms with E-state index in [1.54, 1.807) is 11.6 Å². The second kappa shape index (κ2) is 5.33. The van der Waals surface area contributed by atoms with Gasteiger partial charge in [0, 0.05) is 30.7 Å². The second-order valence-electron chi connectivity index (χ2n) is 5.28. The number of benzene rings is 1. The molecule has 1 aliphatic heterocycles. The summed E-state index contributed by atoms with van der Waals surface area (Å²) in [7, 11) is 1.67. The van der Waals surface area contributed by atoms with Crippen LogP contribution in [0.1, 0.15) is 16.8 Å². The van der Waals surface area contributed by atoms with Gasteiger partial charge in [0.25, 0.3) is 5.78 Å². The fraction of sp³-hybridized carbons (Fsp3) is 0.267. The van der Waals surface area contributed by atoms with Crippen LogP contribution in [-0.4, -0.2) is 26.7 Å². The number of rotatable bonds is 3. The Morgan fingerprint density at radius 2 is 2.09 bits per heavy atom. The molecule has 0 atom stereocenters. The van der Waals surface area contributed by atoms with E-state index in [9.17, 15) is 0 Å². The molecule has 0 unspecified atom stereocenters. The van der Waals surface area contributed by atoms with E-state index in [0.29, 0.717) is 12.4 Å². The molecule has 3 aromatic rings. The molecule has 0 spiro atoms. The van der Waals surface area contributed by atoms with Crippen molar-refractivity contribution in [3.63, 3.8) is 0 Å². The molecule has 0 aliphatic carbocycles. The molecule has 0 bridgehead atoms. The number of halogens is 1. The predicted molar refractivity (Wildman–Crippen MR) is 85.5 cm³/mol. The average molecular weight is 360 g/mol. The molecule has 1 aromatic carbocycles. The van der Waals surface area contributed by atoms with Crippen molar-refractivity contribution in [3.8, 4) is 0 Å². The Hall–Kier alpha value is -1.99. The number of nitrogens with zero attached hydrogens (tertiary/aromatic N) is 5. The predicted octanol–water partition coefficient (Wildman–Crippen LogP) is 2.55. The van der Waals surface area contributed by atoms with Gasteiger partial charge in [0.15, 0.2) is 0 Å². The lowest BCUT2D eigenvalue weighted by Gasteiger charge is -2.19. The molecular formula is C15H14BrN5O. The number of ether oxygens (including phenoxy) is 1. The minimum absolute atomic E-state index is 0.461. The third kappa shape index (κ3) is 2.26. The first-order valence-corrected chi connectivity index (χ1v) is 7.75. The summed E-state index contributed by atoms with van der Waals surface area (Å²) in [5, 5.41) is 4.30. The van der Waals surface area contributed by atoms with Crippen molar-refractivity contribution in [1.29, 1.82) is 0 Å². The lowest BCUT2D eigenvalue weighted by molar-refractivity contribution is 0.181. The quantitative estimate of drug-likeness (QED) is 0.719. The van der Waals surface area contributed by atoms with E-state index >= 15 is 0 Å². The summed E-state index contributed by atoms with van der Waals surface area (Å²) in [6.07, 6.45) is 1.53. The Labute approximate surface area is 135 Å². The normalized spacial score (nSPS) is 13.8. The van der Waals surface area contributed by atoms with Crippen molar-refractivity contribution in [1.82, 2.24) is 19.6 Å². The van der Waals surface area contributed by atoms with Gasteiger partial charge < -0.3 is 9.64 Å². The van der Waals surface area contributed by atoms with Gasteiger partial charge >= 0.3 is 0 Å². The maximum Gasteiger partial charge on any atom is 0.254 e. The van der Waals surface area contributed by atoms with E-state index in [2.05, 4.69) is 54.1 Å². The molecule has 2 aromatic heterocycles. The van der Waals surface area contributed by atoms with Crippen molar-refractivity contribution in [3.05, 3.63) is 51.9 Å². The van der Waals surface area contributed by atoms with Gasteiger partial charge in [-0.1, -0.05) is 22.0 Å². The van der Waals surface area contributed by atoms with Crippen LogP contribution in [0.5, 0.6) is 0 Å². The molecule has 7 heteroatoms. The summed E-state index contributed by atoms with van der Waals surface area (Å²) in [6, 6.07) is 8.43. The maximum absolute atomic E-state index is 5.20. The van der Waals surface area contributed by atoms with Crippen molar-refractivity contribution < 1.29 is 4.74 Å². The maximum atomic E-state index is 5.20. The molecule has 112 valence electrons. The summed E-state index contributed by atoms with van der Waals surface area (Å²) in [4.78, 5) is 10.9. The minimum atomic E-state index is 0.461. The third-order valence-corrected chi connectivity index (χ3v) is 4.29. The zero-order chi connectivity index (χ0) is 15.1. The van der Waals surface area contributed by atoms with E-state index in [0.717, 1.165) is 29.1 Å². The smallest absolute Gasteiger partial charge is 0.254 e. The van der Waals surface area contributed by atoms with Crippen LogP contribution in [0.4, 0.5) is 5.82 Å². The summed E-state index contributed by atoms with van der Waals surface area (Å²) >= 11 is 3.53. The second-order valence-corrected chi connectivity index (χ2v) is 6.20. The highest BCUT2D eigenvalue weighted by Gasteiger charge is 2.22. The lowest BCUT2D eigenvalue weighted by Crippen LogP contribution is -2.19. The number of hydrogen-bond acceptors (Lipinski definition) is 5. The van der Waals surface area contributed by atoms with E-state index in [1.165, 1.54) is 17.5 Å². The van der Waals surface area contributed by atoms with Crippen LogP contribution in [0.15, 0.2) is 35.1 Å². The molecule has 0 amide bonds. The van der Waals surface area contributed by atoms with Crippen molar-refractivity contribution in [2.75, 3.05) is 12.0 Å². The molecule has 4 rings (SSSR count). The first-order chi connectivity index (χ1) is 10.7. The summed E-state index contributed by atoms with van der Waals surface area (Å²) < 4.78 is 8.09. The Kier molecular flexibility index (Phi) is 3.31. The fourth-order valence-corrected chi connectivity index (χ4v) is 3.22. The number of fused-ring (bicyclic) bond motifs is 2. The highest BCUT2D eigenvalue weighted by atomic mass is 79.9. The first-order valence-electron chi connectivity index (χ1n) is 6.95. The largest absolute Gasteiger partial charge is 0.378 e. The highest BCUT2D eigenvalue weighted by molar-refractivity contribution is 9.10. The SMILES string of the molecule is COCc1cc(N2Cc3ccc(Br)cc3C2)n2ncnc2n1. The van der Waals surface area contributed by atoms with E-state index < -0.39 is 0 Å². The van der Waals surface area contributed by atoms with Gasteiger partial charge in [-0.2, -0.15) is 14.6 Å². The standard InChI is InChI=1S/C15H14BrN5O/c1-22-8-13-5-14(21-15(19-13)17-9-18-21)20-6-10-2-3-12(16)4-11(10)7-20/h2-5,9H,6-8H2,1H3. The van der Waals surface area contributed by atoms with Crippen molar-refractivity contribution in [2.24, 2.45) is 0 Å². The number of hydrogen-bond donors (Lipinski definition) is 0. The van der Waals surface area contributed by atoms with Crippen LogP contribution in [0.25, 0.3) is 5.78 Å². The van der Waals surface area contributed by atoms with E-state index in [-0.39, 0.29) is 0 Å². The first kappa shape index (κ1) is 13.7. The topological polar surface area (TPSA) is 55.6 Å². The van der Waals surface area contributed by atoms with Crippen LogP contribution >= 0.6 is 15.9 Å². The zero-order valence-corrected chi connectivity index (χ0v) is 13.6. The molecule has 0 N–H and O–H groups in total. The van der Waals surface area contributed by atoms with Gasteiger partial charge in [-0.25, -0.2) is 4.98 Å². The molecule has 0 fully saturated rings. The molecule has 0 radical (unpaired) electrons. The number of methoxy groups -OCH3 is 1. The minimum Gasteiger partial charge on any atom is -0.378 e. The zero-order valence-electron chi connectivity index (χ0n) is 12.0. The summed E-state index contributed by atoms with van der Waals surface area (Å²) in [5.74, 6) is 1.59. The molecular weight excluding hydrogens is 346 g/mol. The van der Waals surface area contributed by atoms with Gasteiger partial charge in [-0.3, -0.25) is 0 Å². The summed E-state index contributed by atoms with van der Waals surface area (Å²) in [6.45, 7) is 2.16. The number of anilines is 1. The third-order valence-electron chi connectivity index (χ3n) is 3.79.